The first kappa shape index (κ1) is 13.7. The summed E-state index contributed by atoms with van der Waals surface area (Å²) in [6.07, 6.45) is -1.13. The van der Waals surface area contributed by atoms with Crippen molar-refractivity contribution in [2.45, 2.75) is 25.6 Å². The van der Waals surface area contributed by atoms with Gasteiger partial charge in [0.15, 0.2) is 17.7 Å². The van der Waals surface area contributed by atoms with Gasteiger partial charge in [0.1, 0.15) is 0 Å². The molecule has 0 saturated carbocycles. The average Bonchev–Trinajstić information content (AvgIpc) is 2.51. The number of hydrogen-bond acceptors (Lipinski definition) is 5. The molecule has 108 valence electrons. The Bertz CT molecular complexity index is 686. The van der Waals surface area contributed by atoms with E-state index in [9.17, 15) is 14.4 Å². The summed E-state index contributed by atoms with van der Waals surface area (Å²) in [5.41, 5.74) is 1.20. The van der Waals surface area contributed by atoms with Gasteiger partial charge in [0.25, 0.3) is 0 Å². The van der Waals surface area contributed by atoms with Crippen molar-refractivity contribution in [1.82, 2.24) is 0 Å². The van der Waals surface area contributed by atoms with Crippen LogP contribution >= 0.6 is 0 Å². The molecule has 1 aromatic rings. The van der Waals surface area contributed by atoms with Crippen molar-refractivity contribution in [3.63, 3.8) is 0 Å². The third kappa shape index (κ3) is 2.01. The second kappa shape index (κ2) is 4.93. The summed E-state index contributed by atoms with van der Waals surface area (Å²) in [4.78, 5) is 37.1. The molecule has 0 fully saturated rings. The monoisotopic (exact) mass is 286 g/mol. The second-order valence-electron chi connectivity index (χ2n) is 5.15. The van der Waals surface area contributed by atoms with E-state index in [0.717, 1.165) is 0 Å². The van der Waals surface area contributed by atoms with Crippen molar-refractivity contribution < 1.29 is 23.9 Å². The molecule has 0 radical (unpaired) electrons. The van der Waals surface area contributed by atoms with E-state index in [1.165, 1.54) is 7.11 Å². The molecule has 0 saturated heterocycles. The zero-order valence-electron chi connectivity index (χ0n) is 11.7. The zero-order valence-corrected chi connectivity index (χ0v) is 11.7. The van der Waals surface area contributed by atoms with Gasteiger partial charge in [-0.15, -0.1) is 0 Å². The lowest BCUT2D eigenvalue weighted by Crippen LogP contribution is -2.42. The van der Waals surface area contributed by atoms with Crippen molar-refractivity contribution in [2.75, 3.05) is 7.11 Å². The quantitative estimate of drug-likeness (QED) is 0.735. The third-order valence-corrected chi connectivity index (χ3v) is 3.80. The number of ketones is 2. The van der Waals surface area contributed by atoms with E-state index in [1.807, 2.05) is 0 Å². The minimum absolute atomic E-state index is 0.128. The SMILES string of the molecule is COC(=O)C1OC(C)CC2=C1C(=O)c1ccccc1C2=O. The maximum atomic E-state index is 12.6. The highest BCUT2D eigenvalue weighted by Crippen LogP contribution is 2.36. The molecule has 1 aromatic carbocycles. The van der Waals surface area contributed by atoms with Crippen LogP contribution in [0.4, 0.5) is 0 Å². The number of benzene rings is 1. The molecule has 5 nitrogen and oxygen atoms in total. The van der Waals surface area contributed by atoms with Gasteiger partial charge in [0.2, 0.25) is 0 Å². The van der Waals surface area contributed by atoms with Crippen LogP contribution in [0.15, 0.2) is 35.4 Å². The minimum atomic E-state index is -1.13. The molecule has 21 heavy (non-hydrogen) atoms. The lowest BCUT2D eigenvalue weighted by Gasteiger charge is -2.32. The first-order valence-corrected chi connectivity index (χ1v) is 6.69. The van der Waals surface area contributed by atoms with Crippen molar-refractivity contribution in [3.05, 3.63) is 46.5 Å². The van der Waals surface area contributed by atoms with E-state index in [2.05, 4.69) is 0 Å². The molecule has 2 unspecified atom stereocenters. The molecule has 1 aliphatic carbocycles. The van der Waals surface area contributed by atoms with Gasteiger partial charge in [0, 0.05) is 28.7 Å². The lowest BCUT2D eigenvalue weighted by atomic mass is 9.78. The van der Waals surface area contributed by atoms with E-state index < -0.39 is 12.1 Å². The number of methoxy groups -OCH3 is 1. The number of Topliss-reactive ketones (excluding diaryl/α,β-unsaturated/α-hetero) is 2. The summed E-state index contributed by atoms with van der Waals surface area (Å²) < 4.78 is 10.2. The Hall–Kier alpha value is -2.27. The Morgan fingerprint density at radius 2 is 1.81 bits per heavy atom. The van der Waals surface area contributed by atoms with Crippen LogP contribution in [0.2, 0.25) is 0 Å². The Labute approximate surface area is 121 Å². The number of hydrogen-bond donors (Lipinski definition) is 0. The molecular formula is C16H14O5. The summed E-state index contributed by atoms with van der Waals surface area (Å²) in [6.45, 7) is 1.76. The molecule has 5 heteroatoms. The van der Waals surface area contributed by atoms with Crippen molar-refractivity contribution >= 4 is 17.5 Å². The van der Waals surface area contributed by atoms with E-state index in [-0.39, 0.29) is 23.2 Å². The third-order valence-electron chi connectivity index (χ3n) is 3.80. The topological polar surface area (TPSA) is 69.7 Å². The normalized spacial score (nSPS) is 24.5. The molecule has 0 N–H and O–H groups in total. The minimum Gasteiger partial charge on any atom is -0.467 e. The summed E-state index contributed by atoms with van der Waals surface area (Å²) >= 11 is 0. The fourth-order valence-corrected chi connectivity index (χ4v) is 2.84. The van der Waals surface area contributed by atoms with Gasteiger partial charge < -0.3 is 9.47 Å². The maximum absolute atomic E-state index is 12.6. The smallest absolute Gasteiger partial charge is 0.339 e. The van der Waals surface area contributed by atoms with Gasteiger partial charge in [0.05, 0.1) is 13.2 Å². The molecule has 3 rings (SSSR count). The molecule has 0 spiro atoms. The predicted molar refractivity (Wildman–Crippen MR) is 73.1 cm³/mol. The van der Waals surface area contributed by atoms with Crippen LogP contribution in [0.1, 0.15) is 34.1 Å². The summed E-state index contributed by atoms with van der Waals surface area (Å²) in [5, 5.41) is 0. The van der Waals surface area contributed by atoms with Crippen LogP contribution in [0.5, 0.6) is 0 Å². The Balaban J connectivity index is 2.18. The number of ether oxygens (including phenoxy) is 2. The van der Waals surface area contributed by atoms with Crippen LogP contribution in [0, 0.1) is 0 Å². The number of rotatable bonds is 1. The van der Waals surface area contributed by atoms with Crippen LogP contribution in [0.3, 0.4) is 0 Å². The summed E-state index contributed by atoms with van der Waals surface area (Å²) in [5.74, 6) is -1.19. The fraction of sp³-hybridized carbons (Fsp3) is 0.312. The molecular weight excluding hydrogens is 272 g/mol. The Morgan fingerprint density at radius 1 is 1.19 bits per heavy atom. The summed E-state index contributed by atoms with van der Waals surface area (Å²) in [7, 11) is 1.23. The van der Waals surface area contributed by atoms with Gasteiger partial charge in [-0.1, -0.05) is 24.3 Å². The largest absolute Gasteiger partial charge is 0.467 e. The highest BCUT2D eigenvalue weighted by atomic mass is 16.6. The molecule has 2 aliphatic rings. The van der Waals surface area contributed by atoms with E-state index in [0.29, 0.717) is 23.1 Å². The van der Waals surface area contributed by atoms with Gasteiger partial charge >= 0.3 is 5.97 Å². The number of fused-ring (bicyclic) bond motifs is 1. The Kier molecular flexibility index (Phi) is 3.22. The van der Waals surface area contributed by atoms with Crippen molar-refractivity contribution in [2.24, 2.45) is 0 Å². The fourth-order valence-electron chi connectivity index (χ4n) is 2.84. The predicted octanol–water partition coefficient (Wildman–Crippen LogP) is 1.71. The van der Waals surface area contributed by atoms with Crippen LogP contribution in [-0.2, 0) is 14.3 Å². The molecule has 0 aromatic heterocycles. The van der Waals surface area contributed by atoms with Gasteiger partial charge in [-0.3, -0.25) is 9.59 Å². The second-order valence-corrected chi connectivity index (χ2v) is 5.15. The van der Waals surface area contributed by atoms with E-state index in [4.69, 9.17) is 9.47 Å². The molecule has 1 aliphatic heterocycles. The molecule has 0 amide bonds. The maximum Gasteiger partial charge on any atom is 0.339 e. The number of carbonyl (C=O) groups is 3. The highest BCUT2D eigenvalue weighted by Gasteiger charge is 2.43. The van der Waals surface area contributed by atoms with E-state index >= 15 is 0 Å². The number of esters is 1. The first-order chi connectivity index (χ1) is 10.0. The zero-order chi connectivity index (χ0) is 15.1. The highest BCUT2D eigenvalue weighted by molar-refractivity contribution is 6.28. The van der Waals surface area contributed by atoms with E-state index in [1.54, 1.807) is 31.2 Å². The van der Waals surface area contributed by atoms with Crippen LogP contribution in [0.25, 0.3) is 0 Å². The van der Waals surface area contributed by atoms with Gasteiger partial charge in [-0.25, -0.2) is 4.79 Å². The molecule has 2 atom stereocenters. The van der Waals surface area contributed by atoms with Crippen molar-refractivity contribution in [1.29, 1.82) is 0 Å². The van der Waals surface area contributed by atoms with Gasteiger partial charge in [-0.2, -0.15) is 0 Å². The standard InChI is InChI=1S/C16H14O5/c1-8-7-11-12(15(21-8)16(19)20-2)14(18)10-6-4-3-5-9(10)13(11)17/h3-6,8,15H,7H2,1-2H3. The number of carbonyl (C=O) groups excluding carboxylic acids is 3. The molecule has 0 bridgehead atoms. The summed E-state index contributed by atoms with van der Waals surface area (Å²) in [6, 6.07) is 6.63. The molecule has 1 heterocycles. The first-order valence-electron chi connectivity index (χ1n) is 6.69. The Morgan fingerprint density at radius 3 is 2.43 bits per heavy atom. The van der Waals surface area contributed by atoms with Crippen LogP contribution in [-0.4, -0.2) is 36.9 Å². The van der Waals surface area contributed by atoms with Crippen molar-refractivity contribution in [3.8, 4) is 0 Å². The average molecular weight is 286 g/mol. The lowest BCUT2D eigenvalue weighted by molar-refractivity contribution is -0.155. The van der Waals surface area contributed by atoms with Crippen LogP contribution < -0.4 is 0 Å². The van der Waals surface area contributed by atoms with Gasteiger partial charge in [-0.05, 0) is 6.92 Å².